The van der Waals surface area contributed by atoms with Crippen LogP contribution in [0.1, 0.15) is 51.0 Å². The lowest BCUT2D eigenvalue weighted by Crippen LogP contribution is -2.55. The third-order valence-electron chi connectivity index (χ3n) is 6.31. The number of aryl methyl sites for hydroxylation is 1. The van der Waals surface area contributed by atoms with Crippen molar-refractivity contribution >= 4 is 17.8 Å². The molecule has 0 spiro atoms. The van der Waals surface area contributed by atoms with Gasteiger partial charge in [-0.25, -0.2) is 4.79 Å². The number of carboxylic acid groups (broad SMARTS) is 2. The average Bonchev–Trinajstić information content (AvgIpc) is 3.10. The SMILES string of the molecule is CC(N[C@@H](CCc1ccccc1)C(=O)O)C(=O)N1[C@H](C(=O)O)C[C@H]2CCCC[C@@H]21. The number of benzene rings is 1. The number of amides is 1. The largest absolute Gasteiger partial charge is 0.480 e. The zero-order chi connectivity index (χ0) is 21.0. The number of nitrogens with zero attached hydrogens (tertiary/aromatic N) is 1. The van der Waals surface area contributed by atoms with E-state index in [9.17, 15) is 24.6 Å². The van der Waals surface area contributed by atoms with Crippen LogP contribution in [-0.2, 0) is 20.8 Å². The second kappa shape index (κ2) is 9.39. The van der Waals surface area contributed by atoms with Crippen LogP contribution in [0.2, 0.25) is 0 Å². The Labute approximate surface area is 171 Å². The summed E-state index contributed by atoms with van der Waals surface area (Å²) in [5.74, 6) is -2.06. The smallest absolute Gasteiger partial charge is 0.326 e. The molecule has 158 valence electrons. The molecule has 7 heteroatoms. The molecule has 0 radical (unpaired) electrons. The lowest BCUT2D eigenvalue weighted by molar-refractivity contribution is -0.151. The summed E-state index contributed by atoms with van der Waals surface area (Å²) in [7, 11) is 0. The highest BCUT2D eigenvalue weighted by molar-refractivity contribution is 5.88. The molecule has 3 N–H and O–H groups in total. The van der Waals surface area contributed by atoms with Gasteiger partial charge in [-0.2, -0.15) is 0 Å². The van der Waals surface area contributed by atoms with Crippen LogP contribution < -0.4 is 5.32 Å². The lowest BCUT2D eigenvalue weighted by atomic mass is 9.84. The van der Waals surface area contributed by atoms with E-state index >= 15 is 0 Å². The Morgan fingerprint density at radius 2 is 1.83 bits per heavy atom. The van der Waals surface area contributed by atoms with Gasteiger partial charge in [0.05, 0.1) is 6.04 Å². The van der Waals surface area contributed by atoms with Crippen molar-refractivity contribution in [1.29, 1.82) is 0 Å². The van der Waals surface area contributed by atoms with Gasteiger partial charge in [-0.15, -0.1) is 0 Å². The maximum atomic E-state index is 13.2. The van der Waals surface area contributed by atoms with E-state index in [-0.39, 0.29) is 17.9 Å². The molecule has 1 amide bonds. The summed E-state index contributed by atoms with van der Waals surface area (Å²) >= 11 is 0. The first-order valence-electron chi connectivity index (χ1n) is 10.5. The normalized spacial score (nSPS) is 25.8. The van der Waals surface area contributed by atoms with E-state index < -0.39 is 30.1 Å². The molecule has 2 aliphatic rings. The topological polar surface area (TPSA) is 107 Å². The van der Waals surface area contributed by atoms with Gasteiger partial charge in [0.2, 0.25) is 5.91 Å². The number of rotatable bonds is 8. The zero-order valence-corrected chi connectivity index (χ0v) is 16.8. The molecule has 0 aromatic heterocycles. The third kappa shape index (κ3) is 4.96. The summed E-state index contributed by atoms with van der Waals surface area (Å²) in [4.78, 5) is 38.2. The summed E-state index contributed by atoms with van der Waals surface area (Å²) < 4.78 is 0. The van der Waals surface area contributed by atoms with Gasteiger partial charge in [0.15, 0.2) is 0 Å². The third-order valence-corrected chi connectivity index (χ3v) is 6.31. The van der Waals surface area contributed by atoms with Gasteiger partial charge in [0, 0.05) is 6.04 Å². The number of carbonyl (C=O) groups is 3. The highest BCUT2D eigenvalue weighted by Crippen LogP contribution is 2.40. The Kier molecular flexibility index (Phi) is 6.90. The molecule has 3 rings (SSSR count). The van der Waals surface area contributed by atoms with Crippen LogP contribution in [0, 0.1) is 5.92 Å². The maximum absolute atomic E-state index is 13.2. The van der Waals surface area contributed by atoms with Crippen LogP contribution in [0.4, 0.5) is 0 Å². The van der Waals surface area contributed by atoms with Crippen molar-refractivity contribution in [2.75, 3.05) is 0 Å². The average molecular weight is 402 g/mol. The van der Waals surface area contributed by atoms with Gasteiger partial charge in [-0.05, 0) is 50.5 Å². The van der Waals surface area contributed by atoms with E-state index in [2.05, 4.69) is 5.32 Å². The van der Waals surface area contributed by atoms with Crippen LogP contribution in [0.15, 0.2) is 30.3 Å². The number of hydrogen-bond acceptors (Lipinski definition) is 4. The van der Waals surface area contributed by atoms with E-state index in [0.29, 0.717) is 19.3 Å². The van der Waals surface area contributed by atoms with Gasteiger partial charge in [0.1, 0.15) is 12.1 Å². The molecule has 1 saturated heterocycles. The molecule has 1 unspecified atom stereocenters. The Morgan fingerprint density at radius 1 is 1.14 bits per heavy atom. The van der Waals surface area contributed by atoms with Crippen LogP contribution in [0.25, 0.3) is 0 Å². The molecule has 5 atom stereocenters. The Hall–Kier alpha value is -2.41. The predicted octanol–water partition coefficient (Wildman–Crippen LogP) is 2.29. The molecule has 7 nitrogen and oxygen atoms in total. The number of fused-ring (bicyclic) bond motifs is 1. The van der Waals surface area contributed by atoms with Crippen LogP contribution in [-0.4, -0.2) is 57.1 Å². The first-order valence-corrected chi connectivity index (χ1v) is 10.5. The van der Waals surface area contributed by atoms with Crippen LogP contribution in [0.3, 0.4) is 0 Å². The molecule has 2 fully saturated rings. The minimum atomic E-state index is -1.01. The molecule has 1 aliphatic carbocycles. The second-order valence-electron chi connectivity index (χ2n) is 8.25. The number of hydrogen-bond donors (Lipinski definition) is 3. The van der Waals surface area contributed by atoms with Crippen molar-refractivity contribution in [3.05, 3.63) is 35.9 Å². The fraction of sp³-hybridized carbons (Fsp3) is 0.591. The van der Waals surface area contributed by atoms with Crippen molar-refractivity contribution in [2.24, 2.45) is 5.92 Å². The van der Waals surface area contributed by atoms with E-state index in [1.54, 1.807) is 6.92 Å². The van der Waals surface area contributed by atoms with Gasteiger partial charge in [-0.3, -0.25) is 14.9 Å². The number of carbonyl (C=O) groups excluding carboxylic acids is 1. The van der Waals surface area contributed by atoms with Gasteiger partial charge >= 0.3 is 11.9 Å². The standard InChI is InChI=1S/C22H30N2O5/c1-14(23-17(21(26)27)12-11-15-7-3-2-4-8-15)20(25)24-18-10-6-5-9-16(18)13-19(24)22(28)29/h2-4,7-8,14,16-19,23H,5-6,9-13H2,1H3,(H,26,27)(H,28,29)/t14?,16-,17+,18+,19+/m1/s1. The monoisotopic (exact) mass is 402 g/mol. The van der Waals surface area contributed by atoms with Crippen molar-refractivity contribution in [3.8, 4) is 0 Å². The number of nitrogens with one attached hydrogen (secondary N) is 1. The first kappa shape index (κ1) is 21.3. The number of aliphatic carboxylic acids is 2. The van der Waals surface area contributed by atoms with Crippen LogP contribution >= 0.6 is 0 Å². The molecule has 1 aliphatic heterocycles. The summed E-state index contributed by atoms with van der Waals surface area (Å²) in [5.41, 5.74) is 1.04. The number of carboxylic acids is 2. The molecular formula is C22H30N2O5. The quantitative estimate of drug-likeness (QED) is 0.616. The van der Waals surface area contributed by atoms with Gasteiger partial charge in [-0.1, -0.05) is 43.2 Å². The summed E-state index contributed by atoms with van der Waals surface area (Å²) in [6.45, 7) is 1.63. The summed E-state index contributed by atoms with van der Waals surface area (Å²) in [5, 5.41) is 22.2. The van der Waals surface area contributed by atoms with Crippen molar-refractivity contribution < 1.29 is 24.6 Å². The first-order chi connectivity index (χ1) is 13.9. The van der Waals surface area contributed by atoms with E-state index in [1.165, 1.54) is 4.90 Å². The minimum absolute atomic E-state index is 0.0470. The molecule has 1 aromatic carbocycles. The Morgan fingerprint density at radius 3 is 2.48 bits per heavy atom. The number of likely N-dealkylation sites (tertiary alicyclic amines) is 1. The van der Waals surface area contributed by atoms with Crippen molar-refractivity contribution in [3.63, 3.8) is 0 Å². The Bertz CT molecular complexity index is 738. The summed E-state index contributed by atoms with van der Waals surface area (Å²) in [6, 6.07) is 7.12. The zero-order valence-electron chi connectivity index (χ0n) is 16.8. The minimum Gasteiger partial charge on any atom is -0.480 e. The maximum Gasteiger partial charge on any atom is 0.326 e. The molecular weight excluding hydrogens is 372 g/mol. The van der Waals surface area contributed by atoms with Crippen molar-refractivity contribution in [2.45, 2.75) is 76.0 Å². The molecule has 1 saturated carbocycles. The molecule has 29 heavy (non-hydrogen) atoms. The van der Waals surface area contributed by atoms with Crippen molar-refractivity contribution in [1.82, 2.24) is 10.2 Å². The molecule has 1 heterocycles. The lowest BCUT2D eigenvalue weighted by Gasteiger charge is -2.35. The van der Waals surface area contributed by atoms with E-state index in [0.717, 1.165) is 31.2 Å². The highest BCUT2D eigenvalue weighted by Gasteiger charge is 2.48. The molecule has 1 aromatic rings. The van der Waals surface area contributed by atoms with Gasteiger partial charge in [0.25, 0.3) is 0 Å². The van der Waals surface area contributed by atoms with Crippen LogP contribution in [0.5, 0.6) is 0 Å². The fourth-order valence-corrected chi connectivity index (χ4v) is 4.83. The van der Waals surface area contributed by atoms with Gasteiger partial charge < -0.3 is 15.1 Å². The Balaban J connectivity index is 1.66. The molecule has 0 bridgehead atoms. The van der Waals surface area contributed by atoms with E-state index in [4.69, 9.17) is 0 Å². The summed E-state index contributed by atoms with van der Waals surface area (Å²) in [6.07, 6.45) is 5.27. The predicted molar refractivity (Wildman–Crippen MR) is 107 cm³/mol. The highest BCUT2D eigenvalue weighted by atomic mass is 16.4. The fourth-order valence-electron chi connectivity index (χ4n) is 4.83. The van der Waals surface area contributed by atoms with E-state index in [1.807, 2.05) is 30.3 Å². The second-order valence-corrected chi connectivity index (χ2v) is 8.25.